The van der Waals surface area contributed by atoms with Crippen molar-refractivity contribution in [2.75, 3.05) is 0 Å². The van der Waals surface area contributed by atoms with Crippen molar-refractivity contribution in [1.82, 2.24) is 0 Å². The summed E-state index contributed by atoms with van der Waals surface area (Å²) in [7, 11) is 0. The largest absolute Gasteiger partial charge is 0.0713 e. The van der Waals surface area contributed by atoms with E-state index in [1.54, 1.807) is 0 Å². The summed E-state index contributed by atoms with van der Waals surface area (Å²) in [6, 6.07) is 50.8. The van der Waals surface area contributed by atoms with Gasteiger partial charge in [-0.3, -0.25) is 0 Å². The van der Waals surface area contributed by atoms with Crippen molar-refractivity contribution in [2.45, 2.75) is 5.41 Å². The SMILES string of the molecule is Brc1cccc2c1-c1ccccc1C2(c1ccccc1)c1ccc(-c2cccc3ccccc23)cc1. The van der Waals surface area contributed by atoms with Crippen molar-refractivity contribution >= 4 is 26.7 Å². The Morgan fingerprint density at radius 1 is 0.444 bits per heavy atom. The van der Waals surface area contributed by atoms with Gasteiger partial charge in [0.1, 0.15) is 0 Å². The van der Waals surface area contributed by atoms with Crippen LogP contribution >= 0.6 is 15.9 Å². The van der Waals surface area contributed by atoms with E-state index in [1.165, 1.54) is 55.3 Å². The van der Waals surface area contributed by atoms with Crippen LogP contribution in [0.3, 0.4) is 0 Å². The first kappa shape index (κ1) is 21.4. The first-order valence-corrected chi connectivity index (χ1v) is 13.1. The third kappa shape index (κ3) is 3.00. The number of benzene rings is 6. The molecule has 1 aliphatic carbocycles. The fraction of sp³-hybridized carbons (Fsp3) is 0.0286. The van der Waals surface area contributed by atoms with Gasteiger partial charge in [-0.2, -0.15) is 0 Å². The number of hydrogen-bond acceptors (Lipinski definition) is 0. The van der Waals surface area contributed by atoms with Gasteiger partial charge in [0, 0.05) is 10.0 Å². The smallest absolute Gasteiger partial charge is 0.0622 e. The topological polar surface area (TPSA) is 0 Å². The summed E-state index contributed by atoms with van der Waals surface area (Å²) in [4.78, 5) is 0. The van der Waals surface area contributed by atoms with Gasteiger partial charge in [-0.25, -0.2) is 0 Å². The van der Waals surface area contributed by atoms with E-state index in [9.17, 15) is 0 Å². The molecule has 0 nitrogen and oxygen atoms in total. The number of halogens is 1. The lowest BCUT2D eigenvalue weighted by Gasteiger charge is -2.34. The summed E-state index contributed by atoms with van der Waals surface area (Å²) < 4.78 is 1.14. The second-order valence-electron chi connectivity index (χ2n) is 9.43. The van der Waals surface area contributed by atoms with E-state index in [1.807, 2.05) is 0 Å². The van der Waals surface area contributed by atoms with E-state index in [0.29, 0.717) is 0 Å². The van der Waals surface area contributed by atoms with Crippen molar-refractivity contribution in [1.29, 1.82) is 0 Å². The molecule has 7 rings (SSSR count). The highest BCUT2D eigenvalue weighted by Gasteiger charge is 2.46. The maximum Gasteiger partial charge on any atom is 0.0713 e. The number of hydrogen-bond donors (Lipinski definition) is 0. The molecule has 0 spiro atoms. The van der Waals surface area contributed by atoms with Gasteiger partial charge in [0.2, 0.25) is 0 Å². The molecule has 1 unspecified atom stereocenters. The van der Waals surface area contributed by atoms with Crippen LogP contribution in [0.2, 0.25) is 0 Å². The van der Waals surface area contributed by atoms with Gasteiger partial charge >= 0.3 is 0 Å². The first-order valence-electron chi connectivity index (χ1n) is 12.3. The van der Waals surface area contributed by atoms with Gasteiger partial charge < -0.3 is 0 Å². The molecule has 0 heterocycles. The van der Waals surface area contributed by atoms with E-state index in [0.717, 1.165) is 4.47 Å². The van der Waals surface area contributed by atoms with Gasteiger partial charge in [0.25, 0.3) is 0 Å². The van der Waals surface area contributed by atoms with Gasteiger partial charge in [0.05, 0.1) is 5.41 Å². The highest BCUT2D eigenvalue weighted by Crippen LogP contribution is 2.57. The third-order valence-electron chi connectivity index (χ3n) is 7.64. The molecule has 0 radical (unpaired) electrons. The lowest BCUT2D eigenvalue weighted by atomic mass is 9.67. The fourth-order valence-corrected chi connectivity index (χ4v) is 6.72. The van der Waals surface area contributed by atoms with E-state index in [4.69, 9.17) is 0 Å². The summed E-state index contributed by atoms with van der Waals surface area (Å²) in [5.74, 6) is 0. The highest BCUT2D eigenvalue weighted by atomic mass is 79.9. The Bertz CT molecular complexity index is 1730. The zero-order valence-electron chi connectivity index (χ0n) is 19.7. The molecule has 1 aliphatic rings. The molecule has 1 heteroatoms. The van der Waals surface area contributed by atoms with Crippen LogP contribution in [0.1, 0.15) is 22.3 Å². The molecule has 0 saturated carbocycles. The van der Waals surface area contributed by atoms with Crippen LogP contribution in [-0.2, 0) is 5.41 Å². The van der Waals surface area contributed by atoms with Gasteiger partial charge in [-0.05, 0) is 55.8 Å². The van der Waals surface area contributed by atoms with Crippen molar-refractivity contribution < 1.29 is 0 Å². The van der Waals surface area contributed by atoms with Crippen LogP contribution in [0.25, 0.3) is 33.0 Å². The normalized spacial score (nSPS) is 16.0. The van der Waals surface area contributed by atoms with E-state index in [2.05, 4.69) is 155 Å². The van der Waals surface area contributed by atoms with Crippen molar-refractivity contribution in [3.8, 4) is 22.3 Å². The molecule has 36 heavy (non-hydrogen) atoms. The average Bonchev–Trinajstić information content (AvgIpc) is 3.26. The Balaban J connectivity index is 1.50. The lowest BCUT2D eigenvalue weighted by molar-refractivity contribution is 0.768. The Morgan fingerprint density at radius 2 is 1.06 bits per heavy atom. The van der Waals surface area contributed by atoms with Crippen LogP contribution in [0, 0.1) is 0 Å². The molecule has 0 bridgehead atoms. The summed E-state index contributed by atoms with van der Waals surface area (Å²) in [6.45, 7) is 0. The van der Waals surface area contributed by atoms with Crippen LogP contribution in [0.5, 0.6) is 0 Å². The highest BCUT2D eigenvalue weighted by molar-refractivity contribution is 9.10. The molecule has 0 amide bonds. The Hall–Kier alpha value is -3.94. The van der Waals surface area contributed by atoms with Crippen molar-refractivity contribution in [3.63, 3.8) is 0 Å². The Labute approximate surface area is 220 Å². The van der Waals surface area contributed by atoms with E-state index in [-0.39, 0.29) is 5.41 Å². The molecule has 0 saturated heterocycles. The van der Waals surface area contributed by atoms with Crippen LogP contribution in [0.4, 0.5) is 0 Å². The minimum absolute atomic E-state index is 0.381. The zero-order valence-corrected chi connectivity index (χ0v) is 21.2. The second-order valence-corrected chi connectivity index (χ2v) is 10.3. The van der Waals surface area contributed by atoms with Crippen molar-refractivity contribution in [3.05, 3.63) is 166 Å². The predicted molar refractivity (Wildman–Crippen MR) is 154 cm³/mol. The van der Waals surface area contributed by atoms with Crippen LogP contribution in [0.15, 0.2) is 144 Å². The van der Waals surface area contributed by atoms with Crippen molar-refractivity contribution in [2.24, 2.45) is 0 Å². The average molecular weight is 523 g/mol. The summed E-state index contributed by atoms with van der Waals surface area (Å²) in [5.41, 5.74) is 9.92. The van der Waals surface area contributed by atoms with Gasteiger partial charge in [0.15, 0.2) is 0 Å². The maximum absolute atomic E-state index is 3.88. The van der Waals surface area contributed by atoms with Crippen LogP contribution in [-0.4, -0.2) is 0 Å². The van der Waals surface area contributed by atoms with E-state index < -0.39 is 0 Å². The predicted octanol–water partition coefficient (Wildman–Crippen LogP) is 9.63. The standard InChI is InChI=1S/C35H23Br/c36-33-19-9-18-32-34(33)30-15-6-7-17-31(30)35(32,26-12-2-1-3-13-26)27-22-20-25(21-23-27)29-16-8-11-24-10-4-5-14-28(24)29/h1-23H. The summed E-state index contributed by atoms with van der Waals surface area (Å²) >= 11 is 3.88. The second kappa shape index (κ2) is 8.33. The molecular weight excluding hydrogens is 500 g/mol. The molecule has 170 valence electrons. The minimum Gasteiger partial charge on any atom is -0.0622 e. The minimum atomic E-state index is -0.381. The van der Waals surface area contributed by atoms with E-state index >= 15 is 0 Å². The quantitative estimate of drug-likeness (QED) is 0.216. The monoisotopic (exact) mass is 522 g/mol. The number of rotatable bonds is 3. The molecule has 0 fully saturated rings. The van der Waals surface area contributed by atoms with Gasteiger partial charge in [-0.15, -0.1) is 0 Å². The fourth-order valence-electron chi connectivity index (χ4n) is 6.14. The molecule has 0 aromatic heterocycles. The Morgan fingerprint density at radius 3 is 1.92 bits per heavy atom. The zero-order chi connectivity index (χ0) is 24.1. The molecule has 6 aromatic rings. The summed E-state index contributed by atoms with van der Waals surface area (Å²) in [5, 5.41) is 2.55. The first-order chi connectivity index (χ1) is 17.8. The Kier molecular flexibility index (Phi) is 4.94. The third-order valence-corrected chi connectivity index (χ3v) is 8.30. The molecule has 6 aromatic carbocycles. The molecule has 0 aliphatic heterocycles. The summed E-state index contributed by atoms with van der Waals surface area (Å²) in [6.07, 6.45) is 0. The number of fused-ring (bicyclic) bond motifs is 4. The van der Waals surface area contributed by atoms with Crippen LogP contribution < -0.4 is 0 Å². The molecular formula is C35H23Br. The maximum atomic E-state index is 3.88. The molecule has 1 atom stereocenters. The molecule has 0 N–H and O–H groups in total. The lowest BCUT2D eigenvalue weighted by Crippen LogP contribution is -2.28. The van der Waals surface area contributed by atoms with Gasteiger partial charge in [-0.1, -0.05) is 149 Å².